The van der Waals surface area contributed by atoms with E-state index in [2.05, 4.69) is 5.32 Å². The van der Waals surface area contributed by atoms with E-state index in [9.17, 15) is 28.3 Å². The third kappa shape index (κ3) is 3.63. The molecule has 2 aliphatic rings. The van der Waals surface area contributed by atoms with Gasteiger partial charge in [-0.15, -0.1) is 0 Å². The lowest BCUT2D eigenvalue weighted by Gasteiger charge is -2.32. The van der Waals surface area contributed by atoms with Crippen LogP contribution in [0.3, 0.4) is 0 Å². The van der Waals surface area contributed by atoms with Gasteiger partial charge in [0.05, 0.1) is 24.6 Å². The molecule has 2 N–H and O–H groups in total. The van der Waals surface area contributed by atoms with Crippen LogP contribution >= 0.6 is 0 Å². The molecule has 2 amide bonds. The van der Waals surface area contributed by atoms with E-state index in [1.807, 2.05) is 0 Å². The lowest BCUT2D eigenvalue weighted by atomic mass is 9.76. The van der Waals surface area contributed by atoms with Crippen LogP contribution in [-0.4, -0.2) is 35.5 Å². The van der Waals surface area contributed by atoms with Gasteiger partial charge in [0.2, 0.25) is 11.8 Å². The van der Waals surface area contributed by atoms with Gasteiger partial charge in [0.1, 0.15) is 22.9 Å². The Hall–Kier alpha value is -4.11. The van der Waals surface area contributed by atoms with Gasteiger partial charge in [0.15, 0.2) is 0 Å². The first-order chi connectivity index (χ1) is 17.3. The van der Waals surface area contributed by atoms with Crippen molar-refractivity contribution in [2.24, 2.45) is 11.8 Å². The van der Waals surface area contributed by atoms with Gasteiger partial charge in [0.25, 0.3) is 0 Å². The summed E-state index contributed by atoms with van der Waals surface area (Å²) in [5, 5.41) is 12.8. The van der Waals surface area contributed by atoms with Crippen molar-refractivity contribution in [3.63, 3.8) is 0 Å². The van der Waals surface area contributed by atoms with Crippen molar-refractivity contribution in [3.8, 4) is 5.75 Å². The quantitative estimate of drug-likeness (QED) is 0.419. The maximum atomic E-state index is 14.7. The summed E-state index contributed by atoms with van der Waals surface area (Å²) < 4.78 is 34.0. The largest absolute Gasteiger partial charge is 0.508 e. The van der Waals surface area contributed by atoms with Crippen LogP contribution < -0.4 is 10.2 Å². The molecule has 0 saturated carbocycles. The molecule has 2 heterocycles. The van der Waals surface area contributed by atoms with Crippen molar-refractivity contribution >= 4 is 23.5 Å². The Morgan fingerprint density at radius 1 is 1.03 bits per heavy atom. The highest BCUT2D eigenvalue weighted by atomic mass is 19.1. The molecule has 0 unspecified atom stereocenters. The number of ether oxygens (including phenoxy) is 1. The number of nitrogens with zero attached hydrogens (tertiary/aromatic N) is 1. The van der Waals surface area contributed by atoms with Gasteiger partial charge in [-0.25, -0.2) is 13.7 Å². The second kappa shape index (κ2) is 8.83. The fourth-order valence-corrected chi connectivity index (χ4v) is 5.40. The minimum absolute atomic E-state index is 0.0126. The van der Waals surface area contributed by atoms with E-state index in [0.29, 0.717) is 11.1 Å². The van der Waals surface area contributed by atoms with E-state index in [1.165, 1.54) is 55.6 Å². The second-order valence-electron chi connectivity index (χ2n) is 8.95. The molecule has 9 heteroatoms. The van der Waals surface area contributed by atoms with Gasteiger partial charge in [0, 0.05) is 12.5 Å². The number of aromatic hydroxyl groups is 1. The normalized spacial score (nSPS) is 25.2. The van der Waals surface area contributed by atoms with Gasteiger partial charge < -0.3 is 9.84 Å². The fourth-order valence-electron chi connectivity index (χ4n) is 5.40. The summed E-state index contributed by atoms with van der Waals surface area (Å²) in [6.07, 6.45) is -0.0724. The van der Waals surface area contributed by atoms with Gasteiger partial charge in [-0.2, -0.15) is 0 Å². The van der Waals surface area contributed by atoms with Crippen LogP contribution in [0.1, 0.15) is 17.2 Å². The van der Waals surface area contributed by atoms with E-state index in [4.69, 9.17) is 4.74 Å². The number of halogens is 2. The number of hydrogen-bond donors (Lipinski definition) is 2. The van der Waals surface area contributed by atoms with Crippen LogP contribution in [0, 0.1) is 23.5 Å². The Morgan fingerprint density at radius 3 is 2.42 bits per heavy atom. The maximum Gasteiger partial charge on any atom is 0.327 e. The summed E-state index contributed by atoms with van der Waals surface area (Å²) in [6.45, 7) is 0. The van der Waals surface area contributed by atoms with E-state index < -0.39 is 52.8 Å². The molecule has 5 rings (SSSR count). The number of methoxy groups -OCH3 is 1. The lowest BCUT2D eigenvalue weighted by Crippen LogP contribution is -2.58. The van der Waals surface area contributed by atoms with E-state index in [-0.39, 0.29) is 17.9 Å². The number of para-hydroxylation sites is 1. The molecule has 2 fully saturated rings. The number of rotatable bonds is 5. The first-order valence-corrected chi connectivity index (χ1v) is 11.3. The van der Waals surface area contributed by atoms with Gasteiger partial charge >= 0.3 is 5.97 Å². The SMILES string of the molecule is COC(=O)[C@]1(Cc2ccc(O)cc2)N[C@H](c2cccc(F)c2)[C@H]2C(=O)N(c3ccccc3F)C(=O)[C@H]21. The number of phenolic OH excluding ortho intramolecular Hbond substituents is 1. The standard InChI is InChI=1S/C27H22F2N2O5/c1-36-26(35)27(14-15-9-11-18(32)12-10-15)22-21(23(30-27)16-5-4-6-17(28)13-16)24(33)31(25(22)34)20-8-3-2-7-19(20)29/h2-13,21-23,30,32H,14H2,1H3/t21-,22-,23+,27+/m0/s1. The average Bonchev–Trinajstić information content (AvgIpc) is 3.34. The predicted octanol–water partition coefficient (Wildman–Crippen LogP) is 3.28. The number of amides is 2. The zero-order chi connectivity index (χ0) is 25.6. The first kappa shape index (κ1) is 23.6. The summed E-state index contributed by atoms with van der Waals surface area (Å²) in [5.74, 6) is -5.95. The number of hydrogen-bond acceptors (Lipinski definition) is 6. The van der Waals surface area contributed by atoms with Crippen LogP contribution in [0.2, 0.25) is 0 Å². The highest BCUT2D eigenvalue weighted by molar-refractivity contribution is 6.24. The van der Waals surface area contributed by atoms with Gasteiger partial charge in [-0.3, -0.25) is 19.7 Å². The number of phenols is 1. The van der Waals surface area contributed by atoms with Crippen LogP contribution in [0.4, 0.5) is 14.5 Å². The van der Waals surface area contributed by atoms with Crippen molar-refractivity contribution in [1.82, 2.24) is 5.32 Å². The fraction of sp³-hybridized carbons (Fsp3) is 0.222. The van der Waals surface area contributed by atoms with Crippen molar-refractivity contribution in [1.29, 1.82) is 0 Å². The summed E-state index contributed by atoms with van der Waals surface area (Å²) >= 11 is 0. The number of nitrogens with one attached hydrogen (secondary N) is 1. The molecule has 3 aromatic rings. The highest BCUT2D eigenvalue weighted by Crippen LogP contribution is 2.51. The van der Waals surface area contributed by atoms with Crippen molar-refractivity contribution < 1.29 is 33.0 Å². The number of imide groups is 1. The van der Waals surface area contributed by atoms with E-state index >= 15 is 0 Å². The predicted molar refractivity (Wildman–Crippen MR) is 125 cm³/mol. The van der Waals surface area contributed by atoms with Gasteiger partial charge in [-0.05, 0) is 47.5 Å². The average molecular weight is 492 g/mol. The number of carbonyl (C=O) groups is 3. The first-order valence-electron chi connectivity index (χ1n) is 11.3. The molecule has 4 atom stereocenters. The molecule has 0 aliphatic carbocycles. The lowest BCUT2D eigenvalue weighted by molar-refractivity contribution is -0.152. The third-order valence-electron chi connectivity index (χ3n) is 6.92. The molecule has 0 spiro atoms. The number of benzene rings is 3. The zero-order valence-corrected chi connectivity index (χ0v) is 19.2. The molecule has 0 radical (unpaired) electrons. The Bertz CT molecular complexity index is 1360. The molecule has 2 saturated heterocycles. The zero-order valence-electron chi connectivity index (χ0n) is 19.2. The summed E-state index contributed by atoms with van der Waals surface area (Å²) in [7, 11) is 1.17. The summed E-state index contributed by atoms with van der Waals surface area (Å²) in [5.41, 5.74) is -1.00. The molecule has 184 valence electrons. The third-order valence-corrected chi connectivity index (χ3v) is 6.92. The molecular formula is C27H22F2N2O5. The molecule has 2 aliphatic heterocycles. The van der Waals surface area contributed by atoms with Crippen molar-refractivity contribution in [2.75, 3.05) is 12.0 Å². The maximum absolute atomic E-state index is 14.7. The van der Waals surface area contributed by atoms with Crippen LogP contribution in [0.15, 0.2) is 72.8 Å². The van der Waals surface area contributed by atoms with E-state index in [0.717, 1.165) is 11.0 Å². The molecular weight excluding hydrogens is 470 g/mol. The van der Waals surface area contributed by atoms with Crippen molar-refractivity contribution in [3.05, 3.63) is 95.6 Å². The molecule has 7 nitrogen and oxygen atoms in total. The van der Waals surface area contributed by atoms with E-state index in [1.54, 1.807) is 18.2 Å². The molecule has 0 aromatic heterocycles. The van der Waals surface area contributed by atoms with Crippen LogP contribution in [-0.2, 0) is 25.5 Å². The smallest absolute Gasteiger partial charge is 0.327 e. The van der Waals surface area contributed by atoms with Crippen molar-refractivity contribution in [2.45, 2.75) is 18.0 Å². The Balaban J connectivity index is 1.69. The minimum Gasteiger partial charge on any atom is -0.508 e. The van der Waals surface area contributed by atoms with Gasteiger partial charge in [-0.1, -0.05) is 36.4 Å². The Morgan fingerprint density at radius 2 is 1.75 bits per heavy atom. The number of anilines is 1. The highest BCUT2D eigenvalue weighted by Gasteiger charge is 2.69. The topological polar surface area (TPSA) is 95.9 Å². The summed E-state index contributed by atoms with van der Waals surface area (Å²) in [6, 6.07) is 16.0. The number of esters is 1. The van der Waals surface area contributed by atoms with Crippen LogP contribution in [0.25, 0.3) is 0 Å². The molecule has 0 bridgehead atoms. The monoisotopic (exact) mass is 492 g/mol. The number of carbonyl (C=O) groups excluding carboxylic acids is 3. The summed E-state index contributed by atoms with van der Waals surface area (Å²) in [4.78, 5) is 41.7. The Labute approximate surface area is 205 Å². The van der Waals surface area contributed by atoms with Crippen LogP contribution in [0.5, 0.6) is 5.75 Å². The Kier molecular flexibility index (Phi) is 5.80. The second-order valence-corrected chi connectivity index (χ2v) is 8.95. The number of fused-ring (bicyclic) bond motifs is 1. The minimum atomic E-state index is -1.72. The molecule has 3 aromatic carbocycles. The molecule has 36 heavy (non-hydrogen) atoms.